The van der Waals surface area contributed by atoms with Gasteiger partial charge < -0.3 is 10.2 Å². The first-order valence-corrected chi connectivity index (χ1v) is 12.4. The van der Waals surface area contributed by atoms with Crippen LogP contribution in [0, 0.1) is 0 Å². The number of nitrogens with zero attached hydrogens (tertiary/aromatic N) is 2. The van der Waals surface area contributed by atoms with E-state index < -0.39 is 35.4 Å². The number of aromatic nitrogens is 2. The second-order valence-electron chi connectivity index (χ2n) is 7.13. The summed E-state index contributed by atoms with van der Waals surface area (Å²) in [4.78, 5) is 30.6. The quantitative estimate of drug-likeness (QED) is 0.120. The zero-order chi connectivity index (χ0) is 29.8. The maximum atomic E-state index is 11.7. The SMILES string of the molecule is O=C(/C=C(\[O-])C(F)(F)F)c1cccs1.O=C(/C=C(\[O-])C(F)(F)F)c1cccs1.[Co+2].c1ccc(-c2ccccn2)nc1. The molecule has 0 saturated carbocycles. The molecule has 0 aliphatic carbocycles. The molecule has 0 bridgehead atoms. The van der Waals surface area contributed by atoms with E-state index in [-0.39, 0.29) is 38.7 Å². The van der Waals surface area contributed by atoms with Crippen molar-refractivity contribution in [3.63, 3.8) is 0 Å². The summed E-state index contributed by atoms with van der Waals surface area (Å²) in [7, 11) is 0. The Kier molecular flexibility index (Phi) is 14.1. The van der Waals surface area contributed by atoms with Crippen molar-refractivity contribution in [3.05, 3.63) is 117 Å². The number of allylic oxidation sites excluding steroid dienone is 4. The van der Waals surface area contributed by atoms with Gasteiger partial charge in [-0.15, -0.1) is 22.7 Å². The van der Waals surface area contributed by atoms with E-state index in [1.165, 1.54) is 24.3 Å². The number of rotatable bonds is 5. The number of ketones is 2. The van der Waals surface area contributed by atoms with Crippen molar-refractivity contribution in [1.29, 1.82) is 0 Å². The Balaban J connectivity index is 0.000000304. The number of halogens is 6. The van der Waals surface area contributed by atoms with Crippen LogP contribution in [0.1, 0.15) is 19.3 Å². The summed E-state index contributed by atoms with van der Waals surface area (Å²) in [6.07, 6.45) is -6.30. The van der Waals surface area contributed by atoms with Crippen LogP contribution in [0.5, 0.6) is 0 Å². The molecule has 1 radical (unpaired) electrons. The molecule has 0 atom stereocenters. The Morgan fingerprint density at radius 1 is 0.634 bits per heavy atom. The summed E-state index contributed by atoms with van der Waals surface area (Å²) < 4.78 is 70.3. The minimum Gasteiger partial charge on any atom is -0.869 e. The number of alkyl halides is 6. The van der Waals surface area contributed by atoms with E-state index in [2.05, 4.69) is 9.97 Å². The second-order valence-corrected chi connectivity index (χ2v) is 9.02. The van der Waals surface area contributed by atoms with Crippen molar-refractivity contribution in [2.24, 2.45) is 0 Å². The van der Waals surface area contributed by atoms with E-state index in [4.69, 9.17) is 0 Å². The summed E-state index contributed by atoms with van der Waals surface area (Å²) in [5, 5.41) is 23.8. The van der Waals surface area contributed by atoms with Crippen molar-refractivity contribution in [1.82, 2.24) is 9.97 Å². The zero-order valence-electron chi connectivity index (χ0n) is 20.2. The number of thiophene rings is 2. The van der Waals surface area contributed by atoms with Gasteiger partial charge in [0.2, 0.25) is 0 Å². The molecule has 0 N–H and O–H groups in total. The molecule has 0 amide bonds. The fraction of sp³-hybridized carbons (Fsp3) is 0.0769. The van der Waals surface area contributed by atoms with E-state index in [0.717, 1.165) is 34.1 Å². The van der Waals surface area contributed by atoms with Crippen LogP contribution in [0.2, 0.25) is 0 Å². The van der Waals surface area contributed by atoms with Crippen molar-refractivity contribution >= 4 is 34.2 Å². The zero-order valence-corrected chi connectivity index (χ0v) is 22.9. The number of hydrogen-bond donors (Lipinski definition) is 0. The van der Waals surface area contributed by atoms with Gasteiger partial charge in [-0.25, -0.2) is 0 Å². The Labute approximate surface area is 247 Å². The van der Waals surface area contributed by atoms with Crippen LogP contribution in [0.15, 0.2) is 107 Å². The van der Waals surface area contributed by atoms with Crippen molar-refractivity contribution in [2.45, 2.75) is 12.4 Å². The Hall–Kier alpha value is -3.79. The molecule has 4 aromatic heterocycles. The van der Waals surface area contributed by atoms with E-state index in [0.29, 0.717) is 0 Å². The molecule has 6 nitrogen and oxygen atoms in total. The molecule has 15 heteroatoms. The minimum absolute atomic E-state index is 0. The third-order valence-corrected chi connectivity index (χ3v) is 5.97. The molecule has 4 heterocycles. The van der Waals surface area contributed by atoms with Gasteiger partial charge in [0.1, 0.15) is 0 Å². The van der Waals surface area contributed by atoms with Gasteiger partial charge in [0, 0.05) is 12.4 Å². The summed E-state index contributed by atoms with van der Waals surface area (Å²) in [5.41, 5.74) is 1.83. The Morgan fingerprint density at radius 2 is 1.00 bits per heavy atom. The van der Waals surface area contributed by atoms with Gasteiger partial charge >= 0.3 is 29.1 Å². The van der Waals surface area contributed by atoms with Crippen LogP contribution in [0.3, 0.4) is 0 Å². The van der Waals surface area contributed by atoms with E-state index in [9.17, 15) is 46.1 Å². The number of carbonyl (C=O) groups is 2. The molecule has 0 aromatic carbocycles. The summed E-state index contributed by atoms with van der Waals surface area (Å²) >= 11 is 1.97. The van der Waals surface area contributed by atoms with Crippen LogP contribution in [-0.4, -0.2) is 33.9 Å². The normalized spacial score (nSPS) is 11.7. The summed E-state index contributed by atoms with van der Waals surface area (Å²) in [5.74, 6) is -6.09. The standard InChI is InChI=1S/C10H8N2.2C8H5F3O2S.Co/c1-3-7-11-9(5-1)10-6-2-4-8-12-10;2*9-8(10,11)7(13)4-5(12)6-2-1-3-14-6;/h1-8H;2*1-4,13H;/q;;;+2/p-2/b;2*7-4-;. The average Bonchev–Trinajstić information content (AvgIpc) is 3.65. The molecular formula is C26H16CoF6N2O4S2. The number of pyridine rings is 2. The van der Waals surface area contributed by atoms with Gasteiger partial charge in [-0.2, -0.15) is 26.3 Å². The molecule has 0 spiro atoms. The predicted octanol–water partition coefficient (Wildman–Crippen LogP) is 5.62. The van der Waals surface area contributed by atoms with E-state index in [1.807, 2.05) is 36.4 Å². The van der Waals surface area contributed by atoms with Crippen LogP contribution < -0.4 is 10.2 Å². The average molecular weight is 657 g/mol. The summed E-state index contributed by atoms with van der Waals surface area (Å²) in [6.45, 7) is 0. The maximum absolute atomic E-state index is 11.7. The monoisotopic (exact) mass is 657 g/mol. The molecule has 4 aromatic rings. The van der Waals surface area contributed by atoms with Gasteiger partial charge in [0.15, 0.2) is 11.6 Å². The molecule has 217 valence electrons. The maximum Gasteiger partial charge on any atom is 2.00 e. The van der Waals surface area contributed by atoms with Crippen molar-refractivity contribution in [3.8, 4) is 11.4 Å². The van der Waals surface area contributed by atoms with Crippen LogP contribution >= 0.6 is 22.7 Å². The van der Waals surface area contributed by atoms with Crippen LogP contribution in [-0.2, 0) is 16.8 Å². The first-order valence-electron chi connectivity index (χ1n) is 10.7. The van der Waals surface area contributed by atoms with E-state index >= 15 is 0 Å². The second kappa shape index (κ2) is 16.5. The van der Waals surface area contributed by atoms with Gasteiger partial charge in [-0.3, -0.25) is 19.6 Å². The van der Waals surface area contributed by atoms with Crippen LogP contribution in [0.25, 0.3) is 11.4 Å². The minimum atomic E-state index is -4.98. The topological polar surface area (TPSA) is 106 Å². The molecule has 0 aliphatic heterocycles. The molecule has 4 rings (SSSR count). The van der Waals surface area contributed by atoms with Crippen LogP contribution in [0.4, 0.5) is 26.3 Å². The summed E-state index contributed by atoms with van der Waals surface area (Å²) in [6, 6.07) is 17.3. The Morgan fingerprint density at radius 3 is 1.24 bits per heavy atom. The number of hydrogen-bond acceptors (Lipinski definition) is 8. The molecule has 41 heavy (non-hydrogen) atoms. The third kappa shape index (κ3) is 12.5. The molecule has 0 saturated heterocycles. The fourth-order valence-corrected chi connectivity index (χ4v) is 3.68. The van der Waals surface area contributed by atoms with E-state index in [1.54, 1.807) is 23.2 Å². The first-order chi connectivity index (χ1) is 18.8. The fourth-order valence-electron chi connectivity index (χ4n) is 2.41. The smallest absolute Gasteiger partial charge is 0.869 e. The van der Waals surface area contributed by atoms with Gasteiger partial charge in [0.25, 0.3) is 0 Å². The molecule has 0 fully saturated rings. The molecule has 0 unspecified atom stereocenters. The Bertz CT molecular complexity index is 1300. The van der Waals surface area contributed by atoms with Crippen molar-refractivity contribution < 1.29 is 62.9 Å². The molecular weight excluding hydrogens is 641 g/mol. The predicted molar refractivity (Wildman–Crippen MR) is 133 cm³/mol. The van der Waals surface area contributed by atoms with Crippen molar-refractivity contribution in [2.75, 3.05) is 0 Å². The first kappa shape index (κ1) is 35.2. The molecule has 0 aliphatic rings. The van der Waals surface area contributed by atoms with Gasteiger partial charge in [-0.1, -0.05) is 24.3 Å². The third-order valence-electron chi connectivity index (χ3n) is 4.20. The largest absolute Gasteiger partial charge is 2.00 e. The van der Waals surface area contributed by atoms with Gasteiger partial charge in [0.05, 0.1) is 21.1 Å². The van der Waals surface area contributed by atoms with Gasteiger partial charge in [-0.05, 0) is 70.8 Å². The number of carbonyl (C=O) groups excluding carboxylic acids is 2.